The molecule has 0 atom stereocenters. The van der Waals surface area contributed by atoms with Crippen LogP contribution in [-0.2, 0) is 4.79 Å². The van der Waals surface area contributed by atoms with Crippen LogP contribution in [-0.4, -0.2) is 22.6 Å². The van der Waals surface area contributed by atoms with Crippen LogP contribution in [0.4, 0.5) is 5.69 Å². The molecule has 26 heavy (non-hydrogen) atoms. The van der Waals surface area contributed by atoms with Gasteiger partial charge in [-0.15, -0.1) is 0 Å². The van der Waals surface area contributed by atoms with Gasteiger partial charge >= 0.3 is 0 Å². The molecule has 4 rings (SSSR count). The number of anilines is 1. The van der Waals surface area contributed by atoms with Crippen LogP contribution in [0.5, 0.6) is 5.75 Å². The van der Waals surface area contributed by atoms with Crippen LogP contribution in [0.25, 0.3) is 16.6 Å². The summed E-state index contributed by atoms with van der Waals surface area (Å²) in [4.78, 5) is 29.5. The van der Waals surface area contributed by atoms with Crippen LogP contribution in [0.3, 0.4) is 0 Å². The minimum absolute atomic E-state index is 0.0109. The number of methoxy groups -OCH3 is 1. The van der Waals surface area contributed by atoms with E-state index in [9.17, 15) is 9.59 Å². The number of carbonyl (C=O) groups is 1. The summed E-state index contributed by atoms with van der Waals surface area (Å²) in [5, 5.41) is 3.45. The highest BCUT2D eigenvalue weighted by molar-refractivity contribution is 5.95. The van der Waals surface area contributed by atoms with Gasteiger partial charge in [0.05, 0.1) is 29.4 Å². The standard InChI is InChI=1S/C20H19N3O3/c1-12-21-16-6-4-3-5-15(16)20(25)23(12)14-9-10-17(18(11-14)26-2)22-19(24)13-7-8-13/h3-6,9-11,13H,7-8H2,1-2H3,(H,22,24). The Morgan fingerprint density at radius 1 is 1.23 bits per heavy atom. The van der Waals surface area contributed by atoms with Gasteiger partial charge < -0.3 is 10.1 Å². The van der Waals surface area contributed by atoms with Gasteiger partial charge in [-0.2, -0.15) is 0 Å². The van der Waals surface area contributed by atoms with Gasteiger partial charge in [-0.05, 0) is 44.0 Å². The lowest BCUT2D eigenvalue weighted by atomic mass is 10.2. The maximum absolute atomic E-state index is 12.9. The van der Waals surface area contributed by atoms with Crippen LogP contribution < -0.4 is 15.6 Å². The fraction of sp³-hybridized carbons (Fsp3) is 0.250. The molecule has 0 radical (unpaired) electrons. The summed E-state index contributed by atoms with van der Waals surface area (Å²) in [5.41, 5.74) is 1.79. The van der Waals surface area contributed by atoms with Crippen molar-refractivity contribution in [1.82, 2.24) is 9.55 Å². The number of nitrogens with one attached hydrogen (secondary N) is 1. The van der Waals surface area contributed by atoms with Crippen LogP contribution in [0.1, 0.15) is 18.7 Å². The van der Waals surface area contributed by atoms with E-state index in [-0.39, 0.29) is 17.4 Å². The molecule has 1 N–H and O–H groups in total. The van der Waals surface area contributed by atoms with Crippen LogP contribution in [0, 0.1) is 12.8 Å². The van der Waals surface area contributed by atoms with Crippen molar-refractivity contribution in [3.05, 3.63) is 58.6 Å². The highest BCUT2D eigenvalue weighted by atomic mass is 16.5. The summed E-state index contributed by atoms with van der Waals surface area (Å²) in [6, 6.07) is 12.6. The molecule has 6 heteroatoms. The van der Waals surface area contributed by atoms with Crippen molar-refractivity contribution in [2.45, 2.75) is 19.8 Å². The molecule has 1 aliphatic carbocycles. The number of para-hydroxylation sites is 1. The Balaban J connectivity index is 1.79. The second-order valence-electron chi connectivity index (χ2n) is 6.46. The molecule has 1 amide bonds. The Labute approximate surface area is 150 Å². The summed E-state index contributed by atoms with van der Waals surface area (Å²) < 4.78 is 6.98. The second kappa shape index (κ2) is 6.29. The molecule has 2 aromatic carbocycles. The number of ether oxygens (including phenoxy) is 1. The van der Waals surface area contributed by atoms with E-state index in [4.69, 9.17) is 4.74 Å². The topological polar surface area (TPSA) is 73.2 Å². The highest BCUT2D eigenvalue weighted by Gasteiger charge is 2.30. The molecular weight excluding hydrogens is 330 g/mol. The number of fused-ring (bicyclic) bond motifs is 1. The molecule has 0 bridgehead atoms. The summed E-state index contributed by atoms with van der Waals surface area (Å²) in [6.07, 6.45) is 1.87. The van der Waals surface area contributed by atoms with Crippen LogP contribution >= 0.6 is 0 Å². The van der Waals surface area contributed by atoms with Crippen molar-refractivity contribution in [3.8, 4) is 11.4 Å². The largest absolute Gasteiger partial charge is 0.494 e. The van der Waals surface area contributed by atoms with Gasteiger partial charge in [0.15, 0.2) is 0 Å². The second-order valence-corrected chi connectivity index (χ2v) is 6.46. The van der Waals surface area contributed by atoms with Gasteiger partial charge in [0.2, 0.25) is 5.91 Å². The normalized spacial score (nSPS) is 13.6. The lowest BCUT2D eigenvalue weighted by molar-refractivity contribution is -0.117. The van der Waals surface area contributed by atoms with Gasteiger partial charge in [0.1, 0.15) is 11.6 Å². The summed E-state index contributed by atoms with van der Waals surface area (Å²) in [6.45, 7) is 1.79. The first kappa shape index (κ1) is 16.3. The Kier molecular flexibility index (Phi) is 3.95. The Morgan fingerprint density at radius 2 is 2.00 bits per heavy atom. The van der Waals surface area contributed by atoms with Crippen LogP contribution in [0.2, 0.25) is 0 Å². The van der Waals surface area contributed by atoms with Crippen molar-refractivity contribution < 1.29 is 9.53 Å². The van der Waals surface area contributed by atoms with Crippen LogP contribution in [0.15, 0.2) is 47.3 Å². The van der Waals surface area contributed by atoms with E-state index >= 15 is 0 Å². The molecule has 0 aliphatic heterocycles. The zero-order valence-corrected chi connectivity index (χ0v) is 14.7. The lowest BCUT2D eigenvalue weighted by Crippen LogP contribution is -2.22. The number of benzene rings is 2. The molecule has 132 valence electrons. The van der Waals surface area contributed by atoms with Gasteiger partial charge in [-0.1, -0.05) is 12.1 Å². The quantitative estimate of drug-likeness (QED) is 0.786. The number of hydrogen-bond acceptors (Lipinski definition) is 4. The van der Waals surface area contributed by atoms with Crippen molar-refractivity contribution in [1.29, 1.82) is 0 Å². The molecule has 1 aromatic heterocycles. The Morgan fingerprint density at radius 3 is 2.73 bits per heavy atom. The van der Waals surface area contributed by atoms with Gasteiger partial charge in [0.25, 0.3) is 5.56 Å². The monoisotopic (exact) mass is 349 g/mol. The summed E-state index contributed by atoms with van der Waals surface area (Å²) in [5.74, 6) is 1.21. The minimum Gasteiger partial charge on any atom is -0.494 e. The van der Waals surface area contributed by atoms with Gasteiger partial charge in [0, 0.05) is 12.0 Å². The van der Waals surface area contributed by atoms with E-state index in [1.165, 1.54) is 0 Å². The SMILES string of the molecule is COc1cc(-n2c(C)nc3ccccc3c2=O)ccc1NC(=O)C1CC1. The number of aryl methyl sites for hydroxylation is 1. The molecule has 0 saturated heterocycles. The van der Waals surface area contributed by atoms with E-state index in [1.807, 2.05) is 18.2 Å². The molecule has 0 unspecified atom stereocenters. The lowest BCUT2D eigenvalue weighted by Gasteiger charge is -2.15. The highest BCUT2D eigenvalue weighted by Crippen LogP contribution is 2.33. The predicted octanol–water partition coefficient (Wildman–Crippen LogP) is 3.05. The maximum Gasteiger partial charge on any atom is 0.265 e. The Hall–Kier alpha value is -3.15. The van der Waals surface area contributed by atoms with Crippen molar-refractivity contribution in [3.63, 3.8) is 0 Å². The molecule has 1 aliphatic rings. The average molecular weight is 349 g/mol. The number of carbonyl (C=O) groups excluding carboxylic acids is 1. The zero-order valence-electron chi connectivity index (χ0n) is 14.7. The average Bonchev–Trinajstić information content (AvgIpc) is 3.48. The molecule has 6 nitrogen and oxygen atoms in total. The van der Waals surface area contributed by atoms with Crippen molar-refractivity contribution >= 4 is 22.5 Å². The number of rotatable bonds is 4. The molecule has 1 saturated carbocycles. The maximum atomic E-state index is 12.9. The first-order chi connectivity index (χ1) is 12.6. The number of aromatic nitrogens is 2. The van der Waals surface area contributed by atoms with Gasteiger partial charge in [-0.3, -0.25) is 14.2 Å². The number of hydrogen-bond donors (Lipinski definition) is 1. The Bertz CT molecular complexity index is 1070. The van der Waals surface area contributed by atoms with E-state index in [2.05, 4.69) is 10.3 Å². The number of nitrogens with zero attached hydrogens (tertiary/aromatic N) is 2. The van der Waals surface area contributed by atoms with Crippen molar-refractivity contribution in [2.24, 2.45) is 5.92 Å². The molecule has 3 aromatic rings. The van der Waals surface area contributed by atoms with Gasteiger partial charge in [-0.25, -0.2) is 4.98 Å². The summed E-state index contributed by atoms with van der Waals surface area (Å²) in [7, 11) is 1.54. The first-order valence-corrected chi connectivity index (χ1v) is 8.56. The molecule has 0 spiro atoms. The fourth-order valence-electron chi connectivity index (χ4n) is 3.05. The third-order valence-electron chi connectivity index (χ3n) is 4.59. The molecular formula is C20H19N3O3. The van der Waals surface area contributed by atoms with E-state index < -0.39 is 0 Å². The molecule has 1 fully saturated rings. The third-order valence-corrected chi connectivity index (χ3v) is 4.59. The minimum atomic E-state index is -0.134. The first-order valence-electron chi connectivity index (χ1n) is 8.56. The third kappa shape index (κ3) is 2.83. The zero-order chi connectivity index (χ0) is 18.3. The predicted molar refractivity (Wildman–Crippen MR) is 100.0 cm³/mol. The fourth-order valence-corrected chi connectivity index (χ4v) is 3.05. The van der Waals surface area contributed by atoms with E-state index in [0.29, 0.717) is 33.9 Å². The summed E-state index contributed by atoms with van der Waals surface area (Å²) >= 11 is 0. The van der Waals surface area contributed by atoms with Crippen molar-refractivity contribution in [2.75, 3.05) is 12.4 Å². The van der Waals surface area contributed by atoms with E-state index in [1.54, 1.807) is 42.9 Å². The number of amides is 1. The van der Waals surface area contributed by atoms with E-state index in [0.717, 1.165) is 12.8 Å². The molecule has 1 heterocycles. The smallest absolute Gasteiger partial charge is 0.265 e.